The second-order valence-electron chi connectivity index (χ2n) is 4.76. The quantitative estimate of drug-likeness (QED) is 0.436. The van der Waals surface area contributed by atoms with Crippen LogP contribution in [0, 0.1) is 0 Å². The fraction of sp³-hybridized carbons (Fsp3) is 0.533. The van der Waals surface area contributed by atoms with Gasteiger partial charge in [0.1, 0.15) is 0 Å². The lowest BCUT2D eigenvalue weighted by Gasteiger charge is -2.11. The van der Waals surface area contributed by atoms with Gasteiger partial charge in [0.05, 0.1) is 10.6 Å². The minimum absolute atomic E-state index is 0.0483. The Morgan fingerprint density at radius 2 is 1.76 bits per heavy atom. The second kappa shape index (κ2) is 9.39. The summed E-state index contributed by atoms with van der Waals surface area (Å²) in [5, 5.41) is 6.21. The van der Waals surface area contributed by atoms with E-state index in [0.29, 0.717) is 17.4 Å². The van der Waals surface area contributed by atoms with Crippen LogP contribution in [0.1, 0.15) is 26.2 Å². The molecule has 6 heteroatoms. The maximum Gasteiger partial charge on any atom is 0.191 e. The fourth-order valence-electron chi connectivity index (χ4n) is 1.85. The molecule has 1 aromatic carbocycles. The molecular weight excluding hydrogens is 286 g/mol. The molecule has 5 nitrogen and oxygen atoms in total. The minimum atomic E-state index is -3.24. The largest absolute Gasteiger partial charge is 0.356 e. The molecule has 0 heterocycles. The summed E-state index contributed by atoms with van der Waals surface area (Å²) in [4.78, 5) is 4.44. The summed E-state index contributed by atoms with van der Waals surface area (Å²) in [5.41, 5.74) is 0. The lowest BCUT2D eigenvalue weighted by Crippen LogP contribution is -2.39. The molecule has 0 amide bonds. The first-order valence-corrected chi connectivity index (χ1v) is 8.97. The van der Waals surface area contributed by atoms with Crippen molar-refractivity contribution in [3.05, 3.63) is 30.3 Å². The number of unbranched alkanes of at least 4 members (excludes halogenated alkanes) is 2. The Labute approximate surface area is 127 Å². The fourth-order valence-corrected chi connectivity index (χ4v) is 3.03. The van der Waals surface area contributed by atoms with Gasteiger partial charge in [-0.3, -0.25) is 4.99 Å². The maximum absolute atomic E-state index is 12.1. The molecule has 2 N–H and O–H groups in total. The molecule has 0 radical (unpaired) electrons. The standard InChI is InChI=1S/C15H25N3O2S/c1-3-4-8-11-17-15(16-2)18-12-13-21(19,20)14-9-6-5-7-10-14/h5-7,9-10H,3-4,8,11-13H2,1-2H3,(H2,16,17,18). The van der Waals surface area contributed by atoms with Gasteiger partial charge in [0, 0.05) is 20.1 Å². The maximum atomic E-state index is 12.1. The predicted octanol–water partition coefficient (Wildman–Crippen LogP) is 1.82. The Morgan fingerprint density at radius 1 is 1.10 bits per heavy atom. The summed E-state index contributed by atoms with van der Waals surface area (Å²) in [6.45, 7) is 3.34. The highest BCUT2D eigenvalue weighted by atomic mass is 32.2. The van der Waals surface area contributed by atoms with Crippen LogP contribution in [0.15, 0.2) is 40.2 Å². The molecule has 0 fully saturated rings. The van der Waals surface area contributed by atoms with E-state index in [0.717, 1.165) is 13.0 Å². The van der Waals surface area contributed by atoms with Crippen molar-refractivity contribution in [2.75, 3.05) is 25.9 Å². The van der Waals surface area contributed by atoms with E-state index in [2.05, 4.69) is 22.5 Å². The summed E-state index contributed by atoms with van der Waals surface area (Å²) in [5.74, 6) is 0.696. The summed E-state index contributed by atoms with van der Waals surface area (Å²) in [6.07, 6.45) is 3.43. The summed E-state index contributed by atoms with van der Waals surface area (Å²) in [7, 11) is -1.56. The Hall–Kier alpha value is -1.56. The minimum Gasteiger partial charge on any atom is -0.356 e. The van der Waals surface area contributed by atoms with Crippen LogP contribution in [0.2, 0.25) is 0 Å². The van der Waals surface area contributed by atoms with Crippen LogP contribution in [0.3, 0.4) is 0 Å². The first-order chi connectivity index (χ1) is 10.1. The van der Waals surface area contributed by atoms with Gasteiger partial charge in [-0.25, -0.2) is 8.42 Å². The van der Waals surface area contributed by atoms with Gasteiger partial charge in [-0.1, -0.05) is 38.0 Å². The third-order valence-electron chi connectivity index (χ3n) is 3.06. The Kier molecular flexibility index (Phi) is 7.82. The van der Waals surface area contributed by atoms with Gasteiger partial charge in [0.15, 0.2) is 15.8 Å². The Balaban J connectivity index is 2.38. The predicted molar refractivity (Wildman–Crippen MR) is 87.4 cm³/mol. The van der Waals surface area contributed by atoms with E-state index in [1.165, 1.54) is 12.8 Å². The summed E-state index contributed by atoms with van der Waals surface area (Å²) in [6, 6.07) is 8.50. The Morgan fingerprint density at radius 3 is 2.38 bits per heavy atom. The van der Waals surface area contributed by atoms with E-state index in [1.807, 2.05) is 0 Å². The molecular formula is C15H25N3O2S. The average Bonchev–Trinajstić information content (AvgIpc) is 2.50. The highest BCUT2D eigenvalue weighted by Crippen LogP contribution is 2.09. The zero-order chi connectivity index (χ0) is 15.6. The topological polar surface area (TPSA) is 70.6 Å². The first-order valence-electron chi connectivity index (χ1n) is 7.32. The van der Waals surface area contributed by atoms with E-state index in [4.69, 9.17) is 0 Å². The van der Waals surface area contributed by atoms with E-state index in [9.17, 15) is 8.42 Å². The third-order valence-corrected chi connectivity index (χ3v) is 4.79. The average molecular weight is 311 g/mol. The van der Waals surface area contributed by atoms with Crippen molar-refractivity contribution in [3.8, 4) is 0 Å². The second-order valence-corrected chi connectivity index (χ2v) is 6.87. The van der Waals surface area contributed by atoms with Crippen molar-refractivity contribution in [1.29, 1.82) is 0 Å². The Bertz CT molecular complexity index is 527. The van der Waals surface area contributed by atoms with E-state index >= 15 is 0 Å². The number of nitrogens with zero attached hydrogens (tertiary/aromatic N) is 1. The van der Waals surface area contributed by atoms with Gasteiger partial charge in [-0.2, -0.15) is 0 Å². The monoisotopic (exact) mass is 311 g/mol. The summed E-state index contributed by atoms with van der Waals surface area (Å²) < 4.78 is 24.2. The van der Waals surface area contributed by atoms with Crippen molar-refractivity contribution >= 4 is 15.8 Å². The molecule has 0 atom stereocenters. The normalized spacial score (nSPS) is 12.2. The number of benzene rings is 1. The number of guanidine groups is 1. The van der Waals surface area contributed by atoms with Gasteiger partial charge < -0.3 is 10.6 Å². The van der Waals surface area contributed by atoms with E-state index in [1.54, 1.807) is 37.4 Å². The van der Waals surface area contributed by atoms with Crippen molar-refractivity contribution < 1.29 is 8.42 Å². The molecule has 0 spiro atoms. The van der Waals surface area contributed by atoms with Crippen LogP contribution < -0.4 is 10.6 Å². The molecule has 0 saturated carbocycles. The number of rotatable bonds is 8. The van der Waals surface area contributed by atoms with E-state index in [-0.39, 0.29) is 5.75 Å². The molecule has 0 aliphatic carbocycles. The van der Waals surface area contributed by atoms with Crippen LogP contribution >= 0.6 is 0 Å². The van der Waals surface area contributed by atoms with Crippen LogP contribution in [-0.4, -0.2) is 40.3 Å². The summed E-state index contributed by atoms with van der Waals surface area (Å²) >= 11 is 0. The zero-order valence-electron chi connectivity index (χ0n) is 12.8. The molecule has 0 bridgehead atoms. The van der Waals surface area contributed by atoms with Gasteiger partial charge in [0.2, 0.25) is 0 Å². The van der Waals surface area contributed by atoms with Crippen molar-refractivity contribution in [2.45, 2.75) is 31.1 Å². The van der Waals surface area contributed by atoms with Crippen LogP contribution in [0.4, 0.5) is 0 Å². The molecule has 0 aromatic heterocycles. The molecule has 1 rings (SSSR count). The zero-order valence-corrected chi connectivity index (χ0v) is 13.6. The van der Waals surface area contributed by atoms with Gasteiger partial charge in [-0.05, 0) is 18.6 Å². The van der Waals surface area contributed by atoms with Crippen LogP contribution in [0.5, 0.6) is 0 Å². The van der Waals surface area contributed by atoms with Crippen LogP contribution in [-0.2, 0) is 9.84 Å². The SMILES string of the molecule is CCCCCNC(=NC)NCCS(=O)(=O)c1ccccc1. The lowest BCUT2D eigenvalue weighted by atomic mass is 10.2. The van der Waals surface area contributed by atoms with Crippen molar-refractivity contribution in [2.24, 2.45) is 4.99 Å². The van der Waals surface area contributed by atoms with Crippen molar-refractivity contribution in [3.63, 3.8) is 0 Å². The number of aliphatic imine (C=N–C) groups is 1. The molecule has 0 saturated heterocycles. The molecule has 21 heavy (non-hydrogen) atoms. The number of sulfone groups is 1. The molecule has 118 valence electrons. The third kappa shape index (κ3) is 6.62. The van der Waals surface area contributed by atoms with Gasteiger partial charge in [-0.15, -0.1) is 0 Å². The molecule has 0 aliphatic heterocycles. The van der Waals surface area contributed by atoms with Gasteiger partial charge in [0.25, 0.3) is 0 Å². The lowest BCUT2D eigenvalue weighted by molar-refractivity contribution is 0.594. The van der Waals surface area contributed by atoms with Gasteiger partial charge >= 0.3 is 0 Å². The van der Waals surface area contributed by atoms with E-state index < -0.39 is 9.84 Å². The highest BCUT2D eigenvalue weighted by molar-refractivity contribution is 7.91. The van der Waals surface area contributed by atoms with Crippen molar-refractivity contribution in [1.82, 2.24) is 10.6 Å². The van der Waals surface area contributed by atoms with Crippen LogP contribution in [0.25, 0.3) is 0 Å². The molecule has 0 aliphatic rings. The number of hydrogen-bond donors (Lipinski definition) is 2. The highest BCUT2D eigenvalue weighted by Gasteiger charge is 2.13. The number of nitrogens with one attached hydrogen (secondary N) is 2. The number of hydrogen-bond acceptors (Lipinski definition) is 3. The smallest absolute Gasteiger partial charge is 0.191 e. The molecule has 1 aromatic rings. The molecule has 0 unspecified atom stereocenters. The first kappa shape index (κ1) is 17.5.